The van der Waals surface area contributed by atoms with Gasteiger partial charge in [-0.3, -0.25) is 18.6 Å². The maximum Gasteiger partial charge on any atom is 0.296 e. The van der Waals surface area contributed by atoms with Crippen LogP contribution in [0.4, 0.5) is 11.4 Å². The van der Waals surface area contributed by atoms with E-state index in [1.165, 1.54) is 29.9 Å². The fourth-order valence-corrected chi connectivity index (χ4v) is 6.13. The van der Waals surface area contributed by atoms with Crippen molar-refractivity contribution in [1.29, 1.82) is 0 Å². The summed E-state index contributed by atoms with van der Waals surface area (Å²) < 4.78 is 31.4. The normalized spacial score (nSPS) is 11.6. The largest absolute Gasteiger partial charge is 0.320 e. The molecule has 2 aromatic heterocycles. The minimum Gasteiger partial charge on any atom is -0.320 e. The number of hydrogen-bond donors (Lipinski definition) is 2. The smallest absolute Gasteiger partial charge is 0.296 e. The van der Waals surface area contributed by atoms with Gasteiger partial charge in [0.25, 0.3) is 21.5 Å². The van der Waals surface area contributed by atoms with Gasteiger partial charge in [-0.1, -0.05) is 35.9 Å². The third-order valence-electron chi connectivity index (χ3n) is 6.61. The Kier molecular flexibility index (Phi) is 6.52. The van der Waals surface area contributed by atoms with Gasteiger partial charge >= 0.3 is 0 Å². The summed E-state index contributed by atoms with van der Waals surface area (Å²) in [7, 11) is -1.40. The molecular weight excluding hydrogens is 542 g/mol. The average molecular weight is 566 g/mol. The highest BCUT2D eigenvalue weighted by molar-refractivity contribution is 7.93. The van der Waals surface area contributed by atoms with Crippen molar-refractivity contribution < 1.29 is 13.2 Å². The van der Waals surface area contributed by atoms with Gasteiger partial charge in [0.1, 0.15) is 21.6 Å². The Hall–Kier alpha value is -4.42. The molecule has 0 aliphatic rings. The first-order valence-electron chi connectivity index (χ1n) is 11.8. The number of hydrogen-bond acceptors (Lipinski definition) is 6. The van der Waals surface area contributed by atoms with Crippen LogP contribution in [0.15, 0.2) is 70.4 Å². The van der Waals surface area contributed by atoms with E-state index in [1.807, 2.05) is 6.07 Å². The molecule has 5 aromatic rings. The highest BCUT2D eigenvalue weighted by Gasteiger charge is 2.31. The summed E-state index contributed by atoms with van der Waals surface area (Å²) in [4.78, 5) is 26.3. The van der Waals surface area contributed by atoms with Crippen LogP contribution >= 0.6 is 11.6 Å². The van der Waals surface area contributed by atoms with Crippen LogP contribution < -0.4 is 15.2 Å². The highest BCUT2D eigenvalue weighted by Crippen LogP contribution is 2.30. The topological polar surface area (TPSA) is 135 Å². The van der Waals surface area contributed by atoms with E-state index in [0.717, 1.165) is 9.87 Å². The molecule has 0 saturated heterocycles. The Morgan fingerprint density at radius 2 is 1.77 bits per heavy atom. The molecule has 0 atom stereocenters. The number of halogens is 1. The lowest BCUT2D eigenvalue weighted by Crippen LogP contribution is -2.32. The number of carbonyl (C=O) groups is 1. The number of carbonyl (C=O) groups excluding carboxylic acids is 1. The van der Waals surface area contributed by atoms with Crippen LogP contribution in [0.3, 0.4) is 0 Å². The number of aromatic nitrogens is 5. The summed E-state index contributed by atoms with van der Waals surface area (Å²) in [6.45, 7) is 3.46. The zero-order valence-electron chi connectivity index (χ0n) is 21.4. The molecule has 0 aliphatic heterocycles. The summed E-state index contributed by atoms with van der Waals surface area (Å²) >= 11 is 6.33. The molecule has 0 aliphatic carbocycles. The van der Waals surface area contributed by atoms with Crippen LogP contribution in [0.1, 0.15) is 21.6 Å². The fraction of sp³-hybridized carbons (Fsp3) is 0.154. The Morgan fingerprint density at radius 3 is 2.49 bits per heavy atom. The van der Waals surface area contributed by atoms with Crippen molar-refractivity contribution in [2.45, 2.75) is 18.7 Å². The quantitative estimate of drug-likeness (QED) is 0.321. The number of fused-ring (bicyclic) bond motifs is 1. The molecule has 0 radical (unpaired) electrons. The maximum absolute atomic E-state index is 13.8. The van der Waals surface area contributed by atoms with Gasteiger partial charge in [0, 0.05) is 19.7 Å². The molecule has 2 heterocycles. The summed E-state index contributed by atoms with van der Waals surface area (Å²) in [6, 6.07) is 16.4. The molecule has 0 bridgehead atoms. The van der Waals surface area contributed by atoms with Gasteiger partial charge < -0.3 is 5.32 Å². The number of amides is 1. The van der Waals surface area contributed by atoms with E-state index >= 15 is 0 Å². The Bertz CT molecular complexity index is 1910. The van der Waals surface area contributed by atoms with Gasteiger partial charge in [-0.15, -0.1) is 0 Å². The second-order valence-electron chi connectivity index (χ2n) is 8.93. The van der Waals surface area contributed by atoms with E-state index in [4.69, 9.17) is 11.6 Å². The monoisotopic (exact) mass is 565 g/mol. The van der Waals surface area contributed by atoms with E-state index in [0.29, 0.717) is 28.1 Å². The van der Waals surface area contributed by atoms with Crippen molar-refractivity contribution in [3.63, 3.8) is 0 Å². The number of rotatable bonds is 6. The minimum absolute atomic E-state index is 0.0411. The summed E-state index contributed by atoms with van der Waals surface area (Å²) in [5.41, 5.74) is 2.74. The van der Waals surface area contributed by atoms with Crippen LogP contribution in [0.25, 0.3) is 16.7 Å². The van der Waals surface area contributed by atoms with Crippen LogP contribution in [0.2, 0.25) is 5.02 Å². The first-order chi connectivity index (χ1) is 18.5. The molecular formula is C26H24ClN7O4S. The molecule has 5 rings (SSSR count). The molecule has 11 nitrogen and oxygen atoms in total. The molecule has 1 amide bonds. The van der Waals surface area contributed by atoms with Gasteiger partial charge in [-0.25, -0.2) is 13.1 Å². The van der Waals surface area contributed by atoms with Crippen LogP contribution in [-0.4, -0.2) is 46.1 Å². The van der Waals surface area contributed by atoms with Gasteiger partial charge in [0.05, 0.1) is 22.1 Å². The summed E-state index contributed by atoms with van der Waals surface area (Å²) in [5.74, 6) is -0.563. The molecule has 200 valence electrons. The van der Waals surface area contributed by atoms with Crippen molar-refractivity contribution in [2.24, 2.45) is 7.05 Å². The number of nitrogens with one attached hydrogen (secondary N) is 2. The molecule has 0 spiro atoms. The number of H-pyrrole nitrogens is 1. The van der Waals surface area contributed by atoms with Gasteiger partial charge in [-0.05, 0) is 55.8 Å². The molecule has 0 saturated carbocycles. The number of sulfonamides is 1. The third-order valence-corrected chi connectivity index (χ3v) is 8.85. The van der Waals surface area contributed by atoms with Crippen molar-refractivity contribution in [1.82, 2.24) is 24.8 Å². The number of benzene rings is 3. The van der Waals surface area contributed by atoms with E-state index < -0.39 is 21.5 Å². The molecule has 0 unspecified atom stereocenters. The second kappa shape index (κ2) is 9.71. The number of nitrogens with zero attached hydrogens (tertiary/aromatic N) is 5. The van der Waals surface area contributed by atoms with Crippen LogP contribution in [0.5, 0.6) is 0 Å². The lowest BCUT2D eigenvalue weighted by Gasteiger charge is -2.19. The van der Waals surface area contributed by atoms with Crippen molar-refractivity contribution >= 4 is 49.9 Å². The van der Waals surface area contributed by atoms with Gasteiger partial charge in [-0.2, -0.15) is 15.4 Å². The van der Waals surface area contributed by atoms with E-state index in [1.54, 1.807) is 62.0 Å². The first kappa shape index (κ1) is 26.2. The SMILES string of the molecule is Cc1ccc2n[nH]nc2c1NC(=O)c1ccc(Cl)c(S(=O)(=O)N(C)c2c(C)n(C)n(-c3ccccc3)c2=O)c1. The van der Waals surface area contributed by atoms with Crippen molar-refractivity contribution in [2.75, 3.05) is 16.7 Å². The number of para-hydroxylation sites is 1. The first-order valence-corrected chi connectivity index (χ1v) is 13.6. The Labute approximate surface area is 228 Å². The number of anilines is 2. The van der Waals surface area contributed by atoms with Gasteiger partial charge in [0.2, 0.25) is 0 Å². The standard InChI is InChI=1S/C26H24ClN7O4S/c1-15-10-13-20-23(30-31-29-20)22(15)28-25(35)17-11-12-19(27)21(14-17)39(37,38)33(4)24-16(2)32(3)34(26(24)36)18-8-6-5-7-9-18/h5-14H,1-4H3,(H,28,35)(H,29,30,31). The van der Waals surface area contributed by atoms with Crippen molar-refractivity contribution in [3.05, 3.63) is 92.9 Å². The lowest BCUT2D eigenvalue weighted by atomic mass is 10.1. The summed E-state index contributed by atoms with van der Waals surface area (Å²) in [5, 5.41) is 13.3. The summed E-state index contributed by atoms with van der Waals surface area (Å²) in [6.07, 6.45) is 0. The Morgan fingerprint density at radius 1 is 1.05 bits per heavy atom. The average Bonchev–Trinajstić information content (AvgIpc) is 3.48. The predicted octanol–water partition coefficient (Wildman–Crippen LogP) is 3.79. The maximum atomic E-state index is 13.8. The van der Waals surface area contributed by atoms with Crippen LogP contribution in [-0.2, 0) is 17.1 Å². The fourth-order valence-electron chi connectivity index (χ4n) is 4.38. The number of aryl methyl sites for hydroxylation is 1. The molecule has 2 N–H and O–H groups in total. The Balaban J connectivity index is 1.53. The zero-order valence-corrected chi connectivity index (χ0v) is 23.0. The molecule has 3 aromatic carbocycles. The molecule has 39 heavy (non-hydrogen) atoms. The minimum atomic E-state index is -4.35. The van der Waals surface area contributed by atoms with Crippen molar-refractivity contribution in [3.8, 4) is 5.69 Å². The van der Waals surface area contributed by atoms with E-state index in [9.17, 15) is 18.0 Å². The molecule has 13 heteroatoms. The second-order valence-corrected chi connectivity index (χ2v) is 11.3. The third kappa shape index (κ3) is 4.37. The molecule has 0 fully saturated rings. The highest BCUT2D eigenvalue weighted by atomic mass is 35.5. The van der Waals surface area contributed by atoms with E-state index in [-0.39, 0.29) is 21.2 Å². The lowest BCUT2D eigenvalue weighted by molar-refractivity contribution is 0.102. The number of aromatic amines is 1. The van der Waals surface area contributed by atoms with Crippen LogP contribution in [0, 0.1) is 13.8 Å². The van der Waals surface area contributed by atoms with E-state index in [2.05, 4.69) is 20.7 Å². The predicted molar refractivity (Wildman–Crippen MR) is 149 cm³/mol. The zero-order chi connectivity index (χ0) is 28.1. The van der Waals surface area contributed by atoms with Gasteiger partial charge in [0.15, 0.2) is 0 Å².